The summed E-state index contributed by atoms with van der Waals surface area (Å²) in [6, 6.07) is 21.1. The minimum atomic E-state index is -0.0643. The van der Waals surface area contributed by atoms with E-state index < -0.39 is 0 Å². The van der Waals surface area contributed by atoms with E-state index in [4.69, 9.17) is 0 Å². The standard InChI is InChI=1S/C17H13BrS/c18-19-16(14-8-3-1-4-9-14)12-7-13-17(19)15-10-5-2-6-11-15/h1-13H. The van der Waals surface area contributed by atoms with Gasteiger partial charge in [-0.3, -0.25) is 0 Å². The lowest BCUT2D eigenvalue weighted by Gasteiger charge is -2.15. The molecule has 0 aliphatic carbocycles. The quantitative estimate of drug-likeness (QED) is 0.648. The van der Waals surface area contributed by atoms with E-state index in [0.29, 0.717) is 0 Å². The molecule has 3 rings (SSSR count). The Hall–Kier alpha value is -1.38. The Morgan fingerprint density at radius 1 is 0.737 bits per heavy atom. The van der Waals surface area contributed by atoms with Crippen LogP contribution in [-0.2, 0) is 0 Å². The smallest absolute Gasteiger partial charge is 0.0201 e. The van der Waals surface area contributed by atoms with Crippen LogP contribution in [0.4, 0.5) is 0 Å². The molecule has 1 atom stereocenters. The normalized spacial score (nSPS) is 18.3. The maximum atomic E-state index is 3.87. The first kappa shape index (κ1) is 12.6. The highest BCUT2D eigenvalue weighted by Gasteiger charge is 2.12. The summed E-state index contributed by atoms with van der Waals surface area (Å²) in [5.74, 6) is 0. The van der Waals surface area contributed by atoms with Crippen molar-refractivity contribution in [3.8, 4) is 0 Å². The highest BCUT2D eigenvalue weighted by atomic mass is 79.9. The molecule has 0 radical (unpaired) electrons. The highest BCUT2D eigenvalue weighted by Crippen LogP contribution is 2.44. The Kier molecular flexibility index (Phi) is 3.81. The van der Waals surface area contributed by atoms with Gasteiger partial charge in [-0.05, 0) is 38.1 Å². The summed E-state index contributed by atoms with van der Waals surface area (Å²) in [6.07, 6.45) is 6.52. The van der Waals surface area contributed by atoms with Crippen molar-refractivity contribution < 1.29 is 0 Å². The second kappa shape index (κ2) is 5.72. The van der Waals surface area contributed by atoms with Gasteiger partial charge in [0.25, 0.3) is 0 Å². The number of hydrogen-bond acceptors (Lipinski definition) is 0. The molecule has 0 N–H and O–H groups in total. The minimum absolute atomic E-state index is 0.0643. The fourth-order valence-electron chi connectivity index (χ4n) is 2.07. The molecule has 0 fully saturated rings. The molecule has 0 bridgehead atoms. The maximum Gasteiger partial charge on any atom is 0.0201 e. The molecular formula is C17H13BrS. The third kappa shape index (κ3) is 2.65. The van der Waals surface area contributed by atoms with Gasteiger partial charge >= 0.3 is 0 Å². The summed E-state index contributed by atoms with van der Waals surface area (Å²) in [6.45, 7) is 0. The zero-order valence-electron chi connectivity index (χ0n) is 10.3. The second-order valence-electron chi connectivity index (χ2n) is 4.24. The van der Waals surface area contributed by atoms with Gasteiger partial charge in [0, 0.05) is 9.77 Å². The minimum Gasteiger partial charge on any atom is -0.0780 e. The van der Waals surface area contributed by atoms with E-state index in [-0.39, 0.29) is 8.92 Å². The van der Waals surface area contributed by atoms with Crippen LogP contribution >= 0.6 is 23.7 Å². The number of rotatable bonds is 2. The average molecular weight is 329 g/mol. The fourth-order valence-corrected chi connectivity index (χ4v) is 5.15. The topological polar surface area (TPSA) is 0 Å². The zero-order valence-corrected chi connectivity index (χ0v) is 12.7. The first-order valence-electron chi connectivity index (χ1n) is 6.13. The second-order valence-corrected chi connectivity index (χ2v) is 7.58. The Balaban J connectivity index is 2.09. The number of halogens is 1. The predicted molar refractivity (Wildman–Crippen MR) is 90.6 cm³/mol. The van der Waals surface area contributed by atoms with Crippen molar-refractivity contribution in [3.05, 3.63) is 90.0 Å². The lowest BCUT2D eigenvalue weighted by atomic mass is 10.1. The molecular weight excluding hydrogens is 316 g/mol. The molecule has 2 heteroatoms. The van der Waals surface area contributed by atoms with E-state index in [1.807, 2.05) is 0 Å². The average Bonchev–Trinajstić information content (AvgIpc) is 2.49. The molecule has 1 aliphatic rings. The monoisotopic (exact) mass is 328 g/mol. The van der Waals surface area contributed by atoms with Crippen LogP contribution in [0.25, 0.3) is 4.91 Å². The highest BCUT2D eigenvalue weighted by molar-refractivity contribution is 9.54. The molecule has 0 saturated carbocycles. The Morgan fingerprint density at radius 3 is 1.95 bits per heavy atom. The first-order chi connectivity index (χ1) is 9.36. The van der Waals surface area contributed by atoms with Crippen molar-refractivity contribution in [1.82, 2.24) is 0 Å². The van der Waals surface area contributed by atoms with E-state index in [2.05, 4.69) is 93.7 Å². The van der Waals surface area contributed by atoms with Crippen molar-refractivity contribution >= 4 is 33.5 Å². The molecule has 2 aromatic carbocycles. The first-order valence-corrected chi connectivity index (χ1v) is 9.20. The van der Waals surface area contributed by atoms with Crippen molar-refractivity contribution in [2.75, 3.05) is 0 Å². The fraction of sp³-hybridized carbons (Fsp3) is 0. The van der Waals surface area contributed by atoms with Crippen LogP contribution in [0.2, 0.25) is 0 Å². The predicted octanol–water partition coefficient (Wildman–Crippen LogP) is 5.40. The Morgan fingerprint density at radius 2 is 1.32 bits per heavy atom. The third-order valence-electron chi connectivity index (χ3n) is 3.00. The van der Waals surface area contributed by atoms with Gasteiger partial charge in [0.05, 0.1) is 0 Å². The molecule has 94 valence electrons. The van der Waals surface area contributed by atoms with Gasteiger partial charge in [-0.2, -0.15) is 0 Å². The van der Waals surface area contributed by atoms with Crippen molar-refractivity contribution in [3.63, 3.8) is 0 Å². The van der Waals surface area contributed by atoms with Gasteiger partial charge in [-0.1, -0.05) is 75.7 Å². The summed E-state index contributed by atoms with van der Waals surface area (Å²) in [5.41, 5.74) is 2.56. The summed E-state index contributed by atoms with van der Waals surface area (Å²) in [5, 5.41) is 0. The van der Waals surface area contributed by atoms with Crippen LogP contribution in [0.5, 0.6) is 0 Å². The lowest BCUT2D eigenvalue weighted by Crippen LogP contribution is -1.98. The summed E-state index contributed by atoms with van der Waals surface area (Å²) in [4.78, 5) is 2.67. The SMILES string of the molecule is BrS1=C(c2ccccc2)C=CC=C1c1ccccc1. The number of allylic oxidation sites excluding steroid dienone is 3. The van der Waals surface area contributed by atoms with Gasteiger partial charge in [-0.15, -0.1) is 0 Å². The molecule has 1 unspecified atom stereocenters. The van der Waals surface area contributed by atoms with E-state index in [9.17, 15) is 0 Å². The van der Waals surface area contributed by atoms with Gasteiger partial charge in [0.1, 0.15) is 0 Å². The van der Waals surface area contributed by atoms with Crippen molar-refractivity contribution in [2.45, 2.75) is 0 Å². The van der Waals surface area contributed by atoms with Gasteiger partial charge in [0.15, 0.2) is 0 Å². The van der Waals surface area contributed by atoms with Crippen LogP contribution < -0.4 is 0 Å². The van der Waals surface area contributed by atoms with E-state index in [1.165, 1.54) is 20.9 Å². The van der Waals surface area contributed by atoms with Crippen molar-refractivity contribution in [1.29, 1.82) is 0 Å². The lowest BCUT2D eigenvalue weighted by molar-refractivity contribution is 1.65. The van der Waals surface area contributed by atoms with E-state index in [1.54, 1.807) is 0 Å². The Bertz CT molecular complexity index is 667. The van der Waals surface area contributed by atoms with Crippen LogP contribution in [0, 0.1) is 0 Å². The van der Waals surface area contributed by atoms with Crippen LogP contribution in [0.15, 0.2) is 78.9 Å². The third-order valence-corrected chi connectivity index (χ3v) is 6.61. The summed E-state index contributed by atoms with van der Waals surface area (Å²) in [7, 11) is -0.0643. The van der Waals surface area contributed by atoms with Gasteiger partial charge in [-0.25, -0.2) is 0 Å². The van der Waals surface area contributed by atoms with Gasteiger partial charge < -0.3 is 0 Å². The number of hydrogen-bond donors (Lipinski definition) is 0. The molecule has 0 spiro atoms. The van der Waals surface area contributed by atoms with Crippen molar-refractivity contribution in [2.24, 2.45) is 0 Å². The van der Waals surface area contributed by atoms with Crippen LogP contribution in [0.1, 0.15) is 11.1 Å². The molecule has 1 heterocycles. The van der Waals surface area contributed by atoms with Crippen LogP contribution in [0.3, 0.4) is 0 Å². The zero-order chi connectivity index (χ0) is 13.1. The number of benzene rings is 2. The summed E-state index contributed by atoms with van der Waals surface area (Å²) < 4.78 is 0. The molecule has 0 nitrogen and oxygen atoms in total. The maximum absolute atomic E-state index is 3.87. The molecule has 19 heavy (non-hydrogen) atoms. The largest absolute Gasteiger partial charge is 0.0780 e. The molecule has 0 aromatic heterocycles. The van der Waals surface area contributed by atoms with Crippen LogP contribution in [-0.4, -0.2) is 4.86 Å². The van der Waals surface area contributed by atoms with E-state index in [0.717, 1.165) is 0 Å². The molecule has 0 saturated heterocycles. The van der Waals surface area contributed by atoms with E-state index >= 15 is 0 Å². The molecule has 0 amide bonds. The van der Waals surface area contributed by atoms with Gasteiger partial charge in [0.2, 0.25) is 0 Å². The summed E-state index contributed by atoms with van der Waals surface area (Å²) >= 11 is 3.87. The Labute approximate surface area is 123 Å². The molecule has 2 aromatic rings. The molecule has 1 aliphatic heterocycles.